The third kappa shape index (κ3) is 11.0. The molecule has 0 amide bonds. The molecule has 0 aromatic heterocycles. The predicted molar refractivity (Wildman–Crippen MR) is 86.0 cm³/mol. The van der Waals surface area contributed by atoms with Gasteiger partial charge < -0.3 is 14.4 Å². The van der Waals surface area contributed by atoms with Gasteiger partial charge in [0.2, 0.25) is 0 Å². The van der Waals surface area contributed by atoms with Crippen LogP contribution in [-0.2, 0) is 9.47 Å². The van der Waals surface area contributed by atoms with Crippen molar-refractivity contribution in [3.05, 3.63) is 23.9 Å². The Morgan fingerprint density at radius 2 is 1.90 bits per heavy atom. The van der Waals surface area contributed by atoms with Crippen LogP contribution < -0.4 is 0 Å². The molecule has 1 aliphatic heterocycles. The van der Waals surface area contributed by atoms with E-state index in [1.165, 1.54) is 5.57 Å². The lowest BCUT2D eigenvalue weighted by atomic mass is 10.3. The largest absolute Gasteiger partial charge is 0.383 e. The highest BCUT2D eigenvalue weighted by atomic mass is 16.5. The van der Waals surface area contributed by atoms with Crippen LogP contribution in [0.2, 0.25) is 0 Å². The summed E-state index contributed by atoms with van der Waals surface area (Å²) in [5.74, 6) is 0. The molecule has 1 rings (SSSR count). The van der Waals surface area contributed by atoms with Gasteiger partial charge in [-0.25, -0.2) is 0 Å². The number of ether oxygens (including phenoxy) is 2. The Labute approximate surface area is 125 Å². The molecule has 1 aliphatic rings. The van der Waals surface area contributed by atoms with Crippen LogP contribution in [0.3, 0.4) is 0 Å². The van der Waals surface area contributed by atoms with Crippen molar-refractivity contribution < 1.29 is 9.47 Å². The molecule has 0 unspecified atom stereocenters. The summed E-state index contributed by atoms with van der Waals surface area (Å²) in [6, 6.07) is 0. The first kappa shape index (κ1) is 19.2. The number of morpholine rings is 1. The molecule has 1 fully saturated rings. The number of nitrogens with zero attached hydrogens (tertiary/aromatic N) is 2. The first-order chi connectivity index (χ1) is 9.68. The summed E-state index contributed by atoms with van der Waals surface area (Å²) >= 11 is 0. The maximum atomic E-state index is 5.58. The Kier molecular flexibility index (Phi) is 12.6. The second-order valence-electron chi connectivity index (χ2n) is 4.77. The monoisotopic (exact) mass is 284 g/mol. The molecule has 0 radical (unpaired) electrons. The zero-order chi connectivity index (χ0) is 15.2. The van der Waals surface area contributed by atoms with Gasteiger partial charge in [0, 0.05) is 39.9 Å². The SMILES string of the molecule is CC.CC(/C=C\COCCN1CCOCC1)=C/N(C)C. The molecule has 20 heavy (non-hydrogen) atoms. The fraction of sp³-hybridized carbons (Fsp3) is 0.750. The van der Waals surface area contributed by atoms with Gasteiger partial charge in [-0.05, 0) is 12.5 Å². The van der Waals surface area contributed by atoms with Gasteiger partial charge in [0.1, 0.15) is 0 Å². The van der Waals surface area contributed by atoms with Crippen LogP contribution in [0.25, 0.3) is 0 Å². The molecule has 0 N–H and O–H groups in total. The van der Waals surface area contributed by atoms with Crippen molar-refractivity contribution in [2.24, 2.45) is 0 Å². The smallest absolute Gasteiger partial charge is 0.0651 e. The highest BCUT2D eigenvalue weighted by Crippen LogP contribution is 1.97. The van der Waals surface area contributed by atoms with E-state index in [1.807, 2.05) is 32.8 Å². The van der Waals surface area contributed by atoms with Gasteiger partial charge in [0.05, 0.1) is 26.4 Å². The summed E-state index contributed by atoms with van der Waals surface area (Å²) in [6.07, 6.45) is 6.24. The third-order valence-electron chi connectivity index (χ3n) is 2.71. The summed E-state index contributed by atoms with van der Waals surface area (Å²) in [5.41, 5.74) is 1.23. The Morgan fingerprint density at radius 3 is 2.50 bits per heavy atom. The Morgan fingerprint density at radius 1 is 1.25 bits per heavy atom. The summed E-state index contributed by atoms with van der Waals surface area (Å²) in [7, 11) is 4.05. The molecule has 0 aliphatic carbocycles. The molecule has 0 aromatic rings. The van der Waals surface area contributed by atoms with Gasteiger partial charge in [0.15, 0.2) is 0 Å². The zero-order valence-corrected chi connectivity index (χ0v) is 13.9. The lowest BCUT2D eigenvalue weighted by Gasteiger charge is -2.26. The van der Waals surface area contributed by atoms with E-state index in [-0.39, 0.29) is 0 Å². The first-order valence-electron chi connectivity index (χ1n) is 7.57. The molecular weight excluding hydrogens is 252 g/mol. The molecule has 0 bridgehead atoms. The van der Waals surface area contributed by atoms with E-state index in [0.29, 0.717) is 6.61 Å². The quantitative estimate of drug-likeness (QED) is 0.529. The highest BCUT2D eigenvalue weighted by Gasteiger charge is 2.08. The van der Waals surface area contributed by atoms with Crippen LogP contribution in [0.4, 0.5) is 0 Å². The molecule has 118 valence electrons. The minimum atomic E-state index is 0.683. The van der Waals surface area contributed by atoms with Crippen LogP contribution in [0.5, 0.6) is 0 Å². The second kappa shape index (κ2) is 13.2. The minimum absolute atomic E-state index is 0.683. The van der Waals surface area contributed by atoms with E-state index < -0.39 is 0 Å². The third-order valence-corrected chi connectivity index (χ3v) is 2.71. The van der Waals surface area contributed by atoms with Gasteiger partial charge in [-0.1, -0.05) is 26.0 Å². The van der Waals surface area contributed by atoms with Gasteiger partial charge in [0.25, 0.3) is 0 Å². The van der Waals surface area contributed by atoms with E-state index in [2.05, 4.69) is 30.2 Å². The van der Waals surface area contributed by atoms with Crippen molar-refractivity contribution in [2.45, 2.75) is 20.8 Å². The standard InChI is InChI=1S/C14H26N2O2.C2H6/c1-14(13-15(2)3)5-4-9-17-10-6-16-7-11-18-12-8-16;1-2/h4-5,13H,6-12H2,1-3H3;1-2H3/b5-4-,14-13-;. The molecule has 4 nitrogen and oxygen atoms in total. The molecule has 1 heterocycles. The van der Waals surface area contributed by atoms with E-state index in [4.69, 9.17) is 9.47 Å². The van der Waals surface area contributed by atoms with Crippen LogP contribution in [0.1, 0.15) is 20.8 Å². The number of hydrogen-bond donors (Lipinski definition) is 0. The van der Waals surface area contributed by atoms with Crippen molar-refractivity contribution >= 4 is 0 Å². The van der Waals surface area contributed by atoms with Crippen molar-refractivity contribution in [1.29, 1.82) is 0 Å². The maximum Gasteiger partial charge on any atom is 0.0651 e. The Balaban J connectivity index is 0.00000172. The molecule has 0 atom stereocenters. The molecule has 0 aromatic carbocycles. The van der Waals surface area contributed by atoms with Crippen LogP contribution in [-0.4, -0.2) is 70.0 Å². The zero-order valence-electron chi connectivity index (χ0n) is 13.9. The lowest BCUT2D eigenvalue weighted by Crippen LogP contribution is -2.38. The maximum absolute atomic E-state index is 5.58. The number of allylic oxidation sites excluding steroid dienone is 2. The summed E-state index contributed by atoms with van der Waals surface area (Å²) < 4.78 is 10.9. The first-order valence-corrected chi connectivity index (χ1v) is 7.57. The average molecular weight is 284 g/mol. The summed E-state index contributed by atoms with van der Waals surface area (Å²) in [4.78, 5) is 4.42. The van der Waals surface area contributed by atoms with Crippen molar-refractivity contribution in [2.75, 3.05) is 60.2 Å². The number of hydrogen-bond acceptors (Lipinski definition) is 4. The Bertz CT molecular complexity index is 270. The van der Waals surface area contributed by atoms with Crippen molar-refractivity contribution in [3.8, 4) is 0 Å². The second-order valence-corrected chi connectivity index (χ2v) is 4.77. The summed E-state index contributed by atoms with van der Waals surface area (Å²) in [6.45, 7) is 12.3. The lowest BCUT2D eigenvalue weighted by molar-refractivity contribution is 0.0234. The fourth-order valence-electron chi connectivity index (χ4n) is 1.85. The fourth-order valence-corrected chi connectivity index (χ4v) is 1.85. The van der Waals surface area contributed by atoms with E-state index in [0.717, 1.165) is 39.5 Å². The topological polar surface area (TPSA) is 24.9 Å². The molecular formula is C16H32N2O2. The molecule has 4 heteroatoms. The van der Waals surface area contributed by atoms with Gasteiger partial charge in [-0.3, -0.25) is 4.90 Å². The van der Waals surface area contributed by atoms with E-state index in [9.17, 15) is 0 Å². The van der Waals surface area contributed by atoms with Crippen LogP contribution >= 0.6 is 0 Å². The molecule has 1 saturated heterocycles. The normalized spacial score (nSPS) is 16.9. The summed E-state index contributed by atoms with van der Waals surface area (Å²) in [5, 5.41) is 0. The van der Waals surface area contributed by atoms with Crippen molar-refractivity contribution in [1.82, 2.24) is 9.80 Å². The average Bonchev–Trinajstić information content (AvgIpc) is 2.45. The predicted octanol–water partition coefficient (Wildman–Crippen LogP) is 2.38. The van der Waals surface area contributed by atoms with Crippen LogP contribution in [0.15, 0.2) is 23.9 Å². The van der Waals surface area contributed by atoms with Gasteiger partial charge in [-0.15, -0.1) is 0 Å². The molecule has 0 saturated carbocycles. The highest BCUT2D eigenvalue weighted by molar-refractivity contribution is 5.14. The van der Waals surface area contributed by atoms with E-state index in [1.54, 1.807) is 0 Å². The van der Waals surface area contributed by atoms with E-state index >= 15 is 0 Å². The van der Waals surface area contributed by atoms with Gasteiger partial charge in [-0.2, -0.15) is 0 Å². The van der Waals surface area contributed by atoms with Gasteiger partial charge >= 0.3 is 0 Å². The van der Waals surface area contributed by atoms with Crippen LogP contribution in [0, 0.1) is 0 Å². The molecule has 0 spiro atoms. The Hall–Kier alpha value is -0.840. The minimum Gasteiger partial charge on any atom is -0.383 e. The number of rotatable bonds is 7. The van der Waals surface area contributed by atoms with Crippen molar-refractivity contribution in [3.63, 3.8) is 0 Å².